The van der Waals surface area contributed by atoms with Crippen molar-refractivity contribution in [2.45, 2.75) is 39.2 Å². The maximum atomic E-state index is 6.15. The Morgan fingerprint density at radius 2 is 2.29 bits per heavy atom. The Kier molecular flexibility index (Phi) is 5.40. The standard InChI is InChI=1S/C17H26N4O3/c1-3-4-8-24-14-10-13(18)15-16(19-14)21(17(20-15)22-2)7-5-12-6-9-23-11-12/h10,12H,3-9,11H2,1-2H3,(H2,18,19). The number of unbranched alkanes of at least 4 members (excludes halogenated alkanes) is 1. The van der Waals surface area contributed by atoms with Crippen molar-refractivity contribution >= 4 is 16.9 Å². The molecule has 7 heteroatoms. The van der Waals surface area contributed by atoms with Gasteiger partial charge in [-0.05, 0) is 25.2 Å². The third-order valence-electron chi connectivity index (χ3n) is 4.39. The fourth-order valence-electron chi connectivity index (χ4n) is 2.94. The van der Waals surface area contributed by atoms with E-state index in [0.29, 0.717) is 35.6 Å². The van der Waals surface area contributed by atoms with Crippen LogP contribution in [-0.4, -0.2) is 41.5 Å². The molecule has 1 atom stereocenters. The number of anilines is 1. The molecule has 1 saturated heterocycles. The van der Waals surface area contributed by atoms with Gasteiger partial charge in [0.05, 0.1) is 19.4 Å². The van der Waals surface area contributed by atoms with Crippen molar-refractivity contribution in [1.29, 1.82) is 0 Å². The molecule has 1 aliphatic rings. The van der Waals surface area contributed by atoms with E-state index in [9.17, 15) is 0 Å². The normalized spacial score (nSPS) is 17.5. The molecule has 7 nitrogen and oxygen atoms in total. The first kappa shape index (κ1) is 16.8. The Bertz CT molecular complexity index is 680. The molecule has 2 N–H and O–H groups in total. The zero-order valence-corrected chi connectivity index (χ0v) is 14.5. The number of aromatic nitrogens is 3. The minimum Gasteiger partial charge on any atom is -0.478 e. The number of nitrogens with zero attached hydrogens (tertiary/aromatic N) is 3. The summed E-state index contributed by atoms with van der Waals surface area (Å²) in [6.45, 7) is 5.22. The van der Waals surface area contributed by atoms with Crippen LogP contribution in [0.5, 0.6) is 11.9 Å². The maximum Gasteiger partial charge on any atom is 0.298 e. The number of fused-ring (bicyclic) bond motifs is 1. The molecule has 0 spiro atoms. The van der Waals surface area contributed by atoms with Gasteiger partial charge in [0.25, 0.3) is 6.01 Å². The van der Waals surface area contributed by atoms with Crippen molar-refractivity contribution in [2.24, 2.45) is 5.92 Å². The van der Waals surface area contributed by atoms with E-state index < -0.39 is 0 Å². The summed E-state index contributed by atoms with van der Waals surface area (Å²) in [5.74, 6) is 1.12. The number of ether oxygens (including phenoxy) is 3. The molecule has 0 bridgehead atoms. The Hall–Kier alpha value is -2.02. The van der Waals surface area contributed by atoms with Crippen molar-refractivity contribution in [3.63, 3.8) is 0 Å². The van der Waals surface area contributed by atoms with Crippen molar-refractivity contribution in [3.8, 4) is 11.9 Å². The highest BCUT2D eigenvalue weighted by atomic mass is 16.5. The molecule has 0 radical (unpaired) electrons. The first-order chi connectivity index (χ1) is 11.7. The monoisotopic (exact) mass is 334 g/mol. The lowest BCUT2D eigenvalue weighted by atomic mass is 10.1. The summed E-state index contributed by atoms with van der Waals surface area (Å²) in [4.78, 5) is 9.09. The Balaban J connectivity index is 1.86. The lowest BCUT2D eigenvalue weighted by molar-refractivity contribution is 0.183. The zero-order valence-electron chi connectivity index (χ0n) is 14.5. The molecule has 3 heterocycles. The van der Waals surface area contributed by atoms with E-state index in [4.69, 9.17) is 19.9 Å². The molecule has 0 amide bonds. The highest BCUT2D eigenvalue weighted by Crippen LogP contribution is 2.29. The number of hydrogen-bond donors (Lipinski definition) is 1. The van der Waals surface area contributed by atoms with Crippen LogP contribution in [0.4, 0.5) is 5.69 Å². The first-order valence-corrected chi connectivity index (χ1v) is 8.64. The number of imidazole rings is 1. The van der Waals surface area contributed by atoms with E-state index >= 15 is 0 Å². The predicted octanol–water partition coefficient (Wildman–Crippen LogP) is 2.63. The summed E-state index contributed by atoms with van der Waals surface area (Å²) >= 11 is 0. The molecule has 1 fully saturated rings. The fraction of sp³-hybridized carbons (Fsp3) is 0.647. The molecule has 2 aromatic heterocycles. The van der Waals surface area contributed by atoms with Crippen LogP contribution in [0.15, 0.2) is 6.07 Å². The van der Waals surface area contributed by atoms with Crippen LogP contribution in [0.1, 0.15) is 32.6 Å². The van der Waals surface area contributed by atoms with Gasteiger partial charge >= 0.3 is 0 Å². The summed E-state index contributed by atoms with van der Waals surface area (Å²) in [5.41, 5.74) is 8.09. The molecule has 1 aliphatic heterocycles. The summed E-state index contributed by atoms with van der Waals surface area (Å²) in [7, 11) is 1.62. The van der Waals surface area contributed by atoms with Crippen LogP contribution in [0.3, 0.4) is 0 Å². The highest BCUT2D eigenvalue weighted by molar-refractivity contribution is 5.86. The Morgan fingerprint density at radius 1 is 1.42 bits per heavy atom. The average Bonchev–Trinajstić information content (AvgIpc) is 3.20. The van der Waals surface area contributed by atoms with Crippen LogP contribution in [-0.2, 0) is 11.3 Å². The quantitative estimate of drug-likeness (QED) is 0.747. The molecule has 0 aromatic carbocycles. The van der Waals surface area contributed by atoms with Crippen molar-refractivity contribution in [2.75, 3.05) is 32.7 Å². The van der Waals surface area contributed by atoms with E-state index in [-0.39, 0.29) is 0 Å². The van der Waals surface area contributed by atoms with Crippen LogP contribution in [0.2, 0.25) is 0 Å². The van der Waals surface area contributed by atoms with Gasteiger partial charge < -0.3 is 19.9 Å². The Morgan fingerprint density at radius 3 is 3.00 bits per heavy atom. The summed E-state index contributed by atoms with van der Waals surface area (Å²) in [6.07, 6.45) is 4.18. The Labute approximate surface area is 142 Å². The van der Waals surface area contributed by atoms with Gasteiger partial charge in [0.2, 0.25) is 5.88 Å². The fourth-order valence-corrected chi connectivity index (χ4v) is 2.94. The van der Waals surface area contributed by atoms with Crippen LogP contribution in [0.25, 0.3) is 11.2 Å². The van der Waals surface area contributed by atoms with E-state index in [0.717, 1.165) is 51.1 Å². The number of aryl methyl sites for hydroxylation is 1. The molecule has 0 aliphatic carbocycles. The van der Waals surface area contributed by atoms with E-state index in [1.165, 1.54) is 0 Å². The number of nitrogen functional groups attached to an aromatic ring is 1. The smallest absolute Gasteiger partial charge is 0.298 e. The largest absolute Gasteiger partial charge is 0.478 e. The third-order valence-corrected chi connectivity index (χ3v) is 4.39. The van der Waals surface area contributed by atoms with Crippen LogP contribution >= 0.6 is 0 Å². The summed E-state index contributed by atoms with van der Waals surface area (Å²) in [5, 5.41) is 0. The summed E-state index contributed by atoms with van der Waals surface area (Å²) < 4.78 is 18.6. The van der Waals surface area contributed by atoms with Gasteiger partial charge in [0.1, 0.15) is 5.52 Å². The second kappa shape index (κ2) is 7.70. The summed E-state index contributed by atoms with van der Waals surface area (Å²) in [6, 6.07) is 2.27. The number of methoxy groups -OCH3 is 1. The van der Waals surface area contributed by atoms with E-state index in [1.807, 2.05) is 4.57 Å². The number of hydrogen-bond acceptors (Lipinski definition) is 6. The van der Waals surface area contributed by atoms with Gasteiger partial charge in [-0.2, -0.15) is 9.97 Å². The average molecular weight is 334 g/mol. The van der Waals surface area contributed by atoms with Crippen molar-refractivity contribution < 1.29 is 14.2 Å². The van der Waals surface area contributed by atoms with Crippen LogP contribution in [0, 0.1) is 5.92 Å². The molecule has 0 saturated carbocycles. The second-order valence-corrected chi connectivity index (χ2v) is 6.19. The van der Waals surface area contributed by atoms with E-state index in [2.05, 4.69) is 16.9 Å². The molecule has 24 heavy (non-hydrogen) atoms. The second-order valence-electron chi connectivity index (χ2n) is 6.19. The third kappa shape index (κ3) is 3.56. The van der Waals surface area contributed by atoms with E-state index in [1.54, 1.807) is 13.2 Å². The molecule has 132 valence electrons. The predicted molar refractivity (Wildman–Crippen MR) is 92.4 cm³/mol. The zero-order chi connectivity index (χ0) is 16.9. The molecule has 2 aromatic rings. The van der Waals surface area contributed by atoms with Crippen LogP contribution < -0.4 is 15.2 Å². The number of rotatable bonds is 8. The molecular formula is C17H26N4O3. The minimum atomic E-state index is 0.536. The lowest BCUT2D eigenvalue weighted by Crippen LogP contribution is -2.09. The minimum absolute atomic E-state index is 0.536. The topological polar surface area (TPSA) is 84.4 Å². The van der Waals surface area contributed by atoms with Gasteiger partial charge in [-0.1, -0.05) is 13.3 Å². The molecular weight excluding hydrogens is 308 g/mol. The van der Waals surface area contributed by atoms with Crippen molar-refractivity contribution in [3.05, 3.63) is 6.07 Å². The van der Waals surface area contributed by atoms with Crippen molar-refractivity contribution in [1.82, 2.24) is 14.5 Å². The maximum absolute atomic E-state index is 6.15. The van der Waals surface area contributed by atoms with Gasteiger partial charge in [0, 0.05) is 25.8 Å². The van der Waals surface area contributed by atoms with Gasteiger partial charge in [-0.25, -0.2) is 0 Å². The SMILES string of the molecule is CCCCOc1cc(N)c2nc(OC)n(CCC3CCOC3)c2n1. The highest BCUT2D eigenvalue weighted by Gasteiger charge is 2.20. The first-order valence-electron chi connectivity index (χ1n) is 8.64. The molecule has 1 unspecified atom stereocenters. The van der Waals surface area contributed by atoms with Gasteiger partial charge in [0.15, 0.2) is 5.65 Å². The number of nitrogens with two attached hydrogens (primary N) is 1. The van der Waals surface area contributed by atoms with Gasteiger partial charge in [-0.3, -0.25) is 4.57 Å². The molecule has 3 rings (SSSR count). The lowest BCUT2D eigenvalue weighted by Gasteiger charge is -2.11. The van der Waals surface area contributed by atoms with Gasteiger partial charge in [-0.15, -0.1) is 0 Å². The number of pyridine rings is 1.